The molecule has 0 fully saturated rings. The van der Waals surface area contributed by atoms with Gasteiger partial charge in [-0.2, -0.15) is 0 Å². The van der Waals surface area contributed by atoms with Crippen molar-refractivity contribution in [2.45, 2.75) is 56.3 Å². The van der Waals surface area contributed by atoms with Crippen LogP contribution in [0.4, 0.5) is 5.69 Å². The van der Waals surface area contributed by atoms with Gasteiger partial charge in [-0.15, -0.1) is 11.8 Å². The minimum Gasteiger partial charge on any atom is -0.481 e. The highest BCUT2D eigenvalue weighted by atomic mass is 32.2. The van der Waals surface area contributed by atoms with E-state index >= 15 is 0 Å². The maximum absolute atomic E-state index is 12.0. The van der Waals surface area contributed by atoms with E-state index in [1.54, 1.807) is 0 Å². The molecule has 0 aliphatic rings. The summed E-state index contributed by atoms with van der Waals surface area (Å²) in [6.45, 7) is 0. The number of rotatable bonds is 13. The standard InChI is InChI=1S/C18H25NO5S/c20-16(10-3-1-2-4-11-17(21)22)19-14-8-5-6-9-15(14)25-13-7-12-18(23)24/h5-6,8-9H,1-4,7,10-13H2,(H,19,20)(H,21,22)(H,23,24). The van der Waals surface area contributed by atoms with Crippen LogP contribution in [-0.4, -0.2) is 33.8 Å². The van der Waals surface area contributed by atoms with E-state index < -0.39 is 11.9 Å². The molecule has 0 spiro atoms. The van der Waals surface area contributed by atoms with Gasteiger partial charge in [0.2, 0.25) is 5.91 Å². The summed E-state index contributed by atoms with van der Waals surface area (Å²) in [7, 11) is 0. The van der Waals surface area contributed by atoms with Gasteiger partial charge >= 0.3 is 11.9 Å². The fraction of sp³-hybridized carbons (Fsp3) is 0.500. The molecular formula is C18H25NO5S. The number of carboxylic acids is 2. The van der Waals surface area contributed by atoms with Crippen molar-refractivity contribution in [2.75, 3.05) is 11.1 Å². The Balaban J connectivity index is 2.31. The number of carboxylic acid groups (broad SMARTS) is 2. The second kappa shape index (κ2) is 12.4. The summed E-state index contributed by atoms with van der Waals surface area (Å²) in [4.78, 5) is 33.9. The molecule has 0 aliphatic heterocycles. The first-order chi connectivity index (χ1) is 12.0. The number of aliphatic carboxylic acids is 2. The van der Waals surface area contributed by atoms with Gasteiger partial charge in [0.05, 0.1) is 5.69 Å². The molecule has 1 rings (SSSR count). The lowest BCUT2D eigenvalue weighted by Crippen LogP contribution is -2.11. The fourth-order valence-electron chi connectivity index (χ4n) is 2.23. The topological polar surface area (TPSA) is 104 Å². The number of amides is 1. The summed E-state index contributed by atoms with van der Waals surface area (Å²) in [5.74, 6) is -0.958. The average molecular weight is 367 g/mol. The summed E-state index contributed by atoms with van der Waals surface area (Å²) in [6, 6.07) is 7.48. The Kier molecular flexibility index (Phi) is 10.4. The Morgan fingerprint density at radius 3 is 2.12 bits per heavy atom. The molecular weight excluding hydrogens is 342 g/mol. The van der Waals surface area contributed by atoms with Crippen molar-refractivity contribution >= 4 is 35.3 Å². The van der Waals surface area contributed by atoms with E-state index in [9.17, 15) is 14.4 Å². The Morgan fingerprint density at radius 1 is 0.840 bits per heavy atom. The van der Waals surface area contributed by atoms with E-state index in [4.69, 9.17) is 10.2 Å². The SMILES string of the molecule is O=C(O)CCCCCCC(=O)Nc1ccccc1SCCCC(=O)O. The van der Waals surface area contributed by atoms with Crippen LogP contribution < -0.4 is 5.32 Å². The second-order valence-electron chi connectivity index (χ2n) is 5.70. The van der Waals surface area contributed by atoms with Crippen molar-refractivity contribution in [3.63, 3.8) is 0 Å². The number of nitrogens with one attached hydrogen (secondary N) is 1. The molecule has 138 valence electrons. The van der Waals surface area contributed by atoms with Gasteiger partial charge in [0.1, 0.15) is 0 Å². The zero-order chi connectivity index (χ0) is 18.5. The molecule has 0 atom stereocenters. The lowest BCUT2D eigenvalue weighted by atomic mass is 10.1. The minimum absolute atomic E-state index is 0.0585. The highest BCUT2D eigenvalue weighted by Gasteiger charge is 2.07. The highest BCUT2D eigenvalue weighted by Crippen LogP contribution is 2.28. The molecule has 0 saturated heterocycles. The predicted octanol–water partition coefficient (Wildman–Crippen LogP) is 4.01. The smallest absolute Gasteiger partial charge is 0.303 e. The predicted molar refractivity (Wildman–Crippen MR) is 98.0 cm³/mol. The quantitative estimate of drug-likeness (QED) is 0.359. The van der Waals surface area contributed by atoms with Gasteiger partial charge in [0, 0.05) is 24.2 Å². The lowest BCUT2D eigenvalue weighted by Gasteiger charge is -2.10. The molecule has 0 saturated carbocycles. The van der Waals surface area contributed by atoms with E-state index in [0.29, 0.717) is 25.0 Å². The Hall–Kier alpha value is -2.02. The zero-order valence-electron chi connectivity index (χ0n) is 14.2. The van der Waals surface area contributed by atoms with Crippen LogP contribution in [0.15, 0.2) is 29.2 Å². The average Bonchev–Trinajstić information content (AvgIpc) is 2.55. The maximum atomic E-state index is 12.0. The van der Waals surface area contributed by atoms with E-state index in [1.165, 1.54) is 11.8 Å². The van der Waals surface area contributed by atoms with Gasteiger partial charge in [-0.3, -0.25) is 14.4 Å². The van der Waals surface area contributed by atoms with Crippen molar-refractivity contribution < 1.29 is 24.6 Å². The van der Waals surface area contributed by atoms with E-state index in [1.807, 2.05) is 24.3 Å². The van der Waals surface area contributed by atoms with Crippen LogP contribution in [0.3, 0.4) is 0 Å². The number of hydrogen-bond donors (Lipinski definition) is 3. The van der Waals surface area contributed by atoms with Crippen molar-refractivity contribution in [2.24, 2.45) is 0 Å². The molecule has 6 nitrogen and oxygen atoms in total. The van der Waals surface area contributed by atoms with Gasteiger partial charge in [0.15, 0.2) is 0 Å². The molecule has 1 aromatic carbocycles. The largest absolute Gasteiger partial charge is 0.481 e. The normalized spacial score (nSPS) is 10.4. The summed E-state index contributed by atoms with van der Waals surface area (Å²) < 4.78 is 0. The number of hydrogen-bond acceptors (Lipinski definition) is 4. The number of thioether (sulfide) groups is 1. The summed E-state index contributed by atoms with van der Waals surface area (Å²) >= 11 is 1.53. The molecule has 0 aromatic heterocycles. The molecule has 1 amide bonds. The molecule has 25 heavy (non-hydrogen) atoms. The Bertz CT molecular complexity index is 576. The van der Waals surface area contributed by atoms with Crippen LogP contribution in [0.25, 0.3) is 0 Å². The molecule has 0 bridgehead atoms. The Labute approximate surface area is 152 Å². The highest BCUT2D eigenvalue weighted by molar-refractivity contribution is 7.99. The third-order valence-corrected chi connectivity index (χ3v) is 4.66. The Morgan fingerprint density at radius 2 is 1.44 bits per heavy atom. The van der Waals surface area contributed by atoms with Gasteiger partial charge in [-0.25, -0.2) is 0 Å². The van der Waals surface area contributed by atoms with Gasteiger partial charge in [-0.1, -0.05) is 25.0 Å². The maximum Gasteiger partial charge on any atom is 0.303 e. The van der Waals surface area contributed by atoms with Crippen molar-refractivity contribution in [1.29, 1.82) is 0 Å². The number of carbonyl (C=O) groups is 3. The number of carbonyl (C=O) groups excluding carboxylic acids is 1. The van der Waals surface area contributed by atoms with Crippen LogP contribution in [0, 0.1) is 0 Å². The van der Waals surface area contributed by atoms with E-state index in [-0.39, 0.29) is 18.7 Å². The molecule has 0 heterocycles. The second-order valence-corrected chi connectivity index (χ2v) is 6.83. The first-order valence-electron chi connectivity index (χ1n) is 8.44. The van der Waals surface area contributed by atoms with Crippen LogP contribution in [0.5, 0.6) is 0 Å². The minimum atomic E-state index is -0.800. The third kappa shape index (κ3) is 10.4. The molecule has 0 unspecified atom stereocenters. The van der Waals surface area contributed by atoms with Gasteiger partial charge in [0.25, 0.3) is 0 Å². The number of benzene rings is 1. The van der Waals surface area contributed by atoms with Crippen molar-refractivity contribution in [3.05, 3.63) is 24.3 Å². The van der Waals surface area contributed by atoms with Crippen LogP contribution in [-0.2, 0) is 14.4 Å². The van der Waals surface area contributed by atoms with Crippen LogP contribution in [0.1, 0.15) is 51.4 Å². The molecule has 7 heteroatoms. The number of para-hydroxylation sites is 1. The summed E-state index contributed by atoms with van der Waals surface area (Å²) in [5.41, 5.74) is 0.749. The number of anilines is 1. The van der Waals surface area contributed by atoms with E-state index in [2.05, 4.69) is 5.32 Å². The monoisotopic (exact) mass is 367 g/mol. The lowest BCUT2D eigenvalue weighted by molar-refractivity contribution is -0.138. The summed E-state index contributed by atoms with van der Waals surface area (Å²) in [5, 5.41) is 20.1. The van der Waals surface area contributed by atoms with E-state index in [0.717, 1.165) is 29.8 Å². The first kappa shape index (κ1) is 21.0. The third-order valence-electron chi connectivity index (χ3n) is 3.50. The fourth-order valence-corrected chi connectivity index (χ4v) is 3.19. The first-order valence-corrected chi connectivity index (χ1v) is 9.43. The zero-order valence-corrected chi connectivity index (χ0v) is 15.0. The summed E-state index contributed by atoms with van der Waals surface area (Å²) in [6.07, 6.45) is 4.35. The molecule has 3 N–H and O–H groups in total. The van der Waals surface area contributed by atoms with Crippen molar-refractivity contribution in [3.8, 4) is 0 Å². The van der Waals surface area contributed by atoms with Crippen LogP contribution in [0.2, 0.25) is 0 Å². The molecule has 1 aromatic rings. The van der Waals surface area contributed by atoms with Gasteiger partial charge < -0.3 is 15.5 Å². The van der Waals surface area contributed by atoms with Crippen LogP contribution >= 0.6 is 11.8 Å². The number of unbranched alkanes of at least 4 members (excludes halogenated alkanes) is 3. The van der Waals surface area contributed by atoms with Crippen molar-refractivity contribution in [1.82, 2.24) is 0 Å². The molecule has 0 aliphatic carbocycles. The molecule has 0 radical (unpaired) electrons. The van der Waals surface area contributed by atoms with Gasteiger partial charge in [-0.05, 0) is 37.1 Å².